The Morgan fingerprint density at radius 2 is 2.00 bits per heavy atom. The molecule has 2 atom stereocenters. The zero-order chi connectivity index (χ0) is 15.0. The molecule has 0 saturated carbocycles. The van der Waals surface area contributed by atoms with Crippen LogP contribution in [0.1, 0.15) is 51.3 Å². The van der Waals surface area contributed by atoms with Crippen LogP contribution >= 0.6 is 11.8 Å². The summed E-state index contributed by atoms with van der Waals surface area (Å²) in [6.45, 7) is 9.53. The van der Waals surface area contributed by atoms with Crippen LogP contribution in [0.4, 0.5) is 0 Å². The first-order chi connectivity index (χ1) is 9.62. The van der Waals surface area contributed by atoms with E-state index in [1.807, 2.05) is 25.7 Å². The highest BCUT2D eigenvalue weighted by molar-refractivity contribution is 7.98. The molecule has 1 aromatic rings. The van der Waals surface area contributed by atoms with E-state index in [0.717, 1.165) is 24.0 Å². The van der Waals surface area contributed by atoms with Gasteiger partial charge in [-0.15, -0.1) is 0 Å². The maximum atomic E-state index is 5.76. The van der Waals surface area contributed by atoms with Gasteiger partial charge < -0.3 is 10.1 Å². The van der Waals surface area contributed by atoms with E-state index in [-0.39, 0.29) is 0 Å². The topological polar surface area (TPSA) is 21.3 Å². The van der Waals surface area contributed by atoms with Crippen LogP contribution in [0.5, 0.6) is 5.75 Å². The smallest absolute Gasteiger partial charge is 0.123 e. The Kier molecular flexibility index (Phi) is 8.08. The molecule has 0 amide bonds. The number of hydrogen-bond acceptors (Lipinski definition) is 3. The zero-order valence-electron chi connectivity index (χ0n) is 13.5. The lowest BCUT2D eigenvalue weighted by Gasteiger charge is -2.16. The Bertz CT molecular complexity index is 395. The molecule has 0 spiro atoms. The van der Waals surface area contributed by atoms with Crippen molar-refractivity contribution in [2.24, 2.45) is 5.92 Å². The minimum Gasteiger partial charge on any atom is -0.494 e. The minimum absolute atomic E-state index is 0.379. The number of ether oxygens (including phenoxy) is 1. The van der Waals surface area contributed by atoms with E-state index in [1.54, 1.807) is 0 Å². The standard InChI is InChI=1S/C17H29NOS/c1-6-13(3)11-20-12-16-10-15(14(4)18-5)8-9-17(16)19-7-2/h8-10,13-14,18H,6-7,11-12H2,1-5H3. The summed E-state index contributed by atoms with van der Waals surface area (Å²) < 4.78 is 5.76. The average Bonchev–Trinajstić information content (AvgIpc) is 2.47. The molecule has 1 rings (SSSR count). The second-order valence-electron chi connectivity index (χ2n) is 5.34. The number of thioether (sulfide) groups is 1. The summed E-state index contributed by atoms with van der Waals surface area (Å²) in [5, 5.41) is 3.30. The molecule has 3 heteroatoms. The Balaban J connectivity index is 2.77. The van der Waals surface area contributed by atoms with Crippen molar-refractivity contribution in [2.45, 2.75) is 45.9 Å². The van der Waals surface area contributed by atoms with Crippen molar-refractivity contribution in [3.05, 3.63) is 29.3 Å². The number of rotatable bonds is 9. The minimum atomic E-state index is 0.379. The molecule has 0 aromatic heterocycles. The first-order valence-corrected chi connectivity index (χ1v) is 8.78. The lowest BCUT2D eigenvalue weighted by atomic mass is 10.1. The summed E-state index contributed by atoms with van der Waals surface area (Å²) in [5.74, 6) is 4.07. The van der Waals surface area contributed by atoms with Gasteiger partial charge in [-0.2, -0.15) is 11.8 Å². The largest absolute Gasteiger partial charge is 0.494 e. The van der Waals surface area contributed by atoms with Crippen molar-refractivity contribution < 1.29 is 4.74 Å². The third-order valence-corrected chi connectivity index (χ3v) is 4.99. The van der Waals surface area contributed by atoms with E-state index in [4.69, 9.17) is 4.74 Å². The van der Waals surface area contributed by atoms with Gasteiger partial charge in [0, 0.05) is 17.4 Å². The maximum absolute atomic E-state index is 5.76. The van der Waals surface area contributed by atoms with Gasteiger partial charge in [-0.25, -0.2) is 0 Å². The first-order valence-electron chi connectivity index (χ1n) is 7.62. The highest BCUT2D eigenvalue weighted by atomic mass is 32.2. The summed E-state index contributed by atoms with van der Waals surface area (Å²) in [7, 11) is 2.00. The molecular formula is C17H29NOS. The summed E-state index contributed by atoms with van der Waals surface area (Å²) in [6, 6.07) is 6.94. The average molecular weight is 295 g/mol. The van der Waals surface area contributed by atoms with Crippen LogP contribution < -0.4 is 10.1 Å². The molecule has 0 fully saturated rings. The van der Waals surface area contributed by atoms with Crippen LogP contribution in [-0.4, -0.2) is 19.4 Å². The van der Waals surface area contributed by atoms with E-state index in [9.17, 15) is 0 Å². The molecule has 0 saturated heterocycles. The second kappa shape index (κ2) is 9.30. The molecule has 2 unspecified atom stereocenters. The Labute approximate surface area is 128 Å². The summed E-state index contributed by atoms with van der Waals surface area (Å²) in [4.78, 5) is 0. The van der Waals surface area contributed by atoms with Gasteiger partial charge in [-0.05, 0) is 50.3 Å². The predicted octanol–water partition coefficient (Wildman–Crippen LogP) is 4.65. The van der Waals surface area contributed by atoms with Crippen molar-refractivity contribution >= 4 is 11.8 Å². The molecule has 1 aromatic carbocycles. The fraction of sp³-hybridized carbons (Fsp3) is 0.647. The van der Waals surface area contributed by atoms with Crippen LogP contribution in [0.15, 0.2) is 18.2 Å². The van der Waals surface area contributed by atoms with Gasteiger partial charge in [-0.1, -0.05) is 26.3 Å². The van der Waals surface area contributed by atoms with Gasteiger partial charge in [0.25, 0.3) is 0 Å². The van der Waals surface area contributed by atoms with Crippen molar-refractivity contribution in [2.75, 3.05) is 19.4 Å². The molecule has 1 N–H and O–H groups in total. The van der Waals surface area contributed by atoms with Crippen LogP contribution in [0.3, 0.4) is 0 Å². The molecule has 20 heavy (non-hydrogen) atoms. The second-order valence-corrected chi connectivity index (χ2v) is 6.37. The summed E-state index contributed by atoms with van der Waals surface area (Å²) >= 11 is 2.01. The van der Waals surface area contributed by atoms with Crippen LogP contribution in [0.2, 0.25) is 0 Å². The van der Waals surface area contributed by atoms with E-state index >= 15 is 0 Å². The van der Waals surface area contributed by atoms with E-state index in [2.05, 4.69) is 44.3 Å². The summed E-state index contributed by atoms with van der Waals surface area (Å²) in [6.07, 6.45) is 1.25. The maximum Gasteiger partial charge on any atom is 0.123 e. The lowest BCUT2D eigenvalue weighted by Crippen LogP contribution is -2.12. The van der Waals surface area contributed by atoms with E-state index in [1.165, 1.54) is 23.3 Å². The van der Waals surface area contributed by atoms with Crippen LogP contribution in [0, 0.1) is 5.92 Å². The van der Waals surface area contributed by atoms with Crippen molar-refractivity contribution in [3.63, 3.8) is 0 Å². The van der Waals surface area contributed by atoms with Gasteiger partial charge in [-0.3, -0.25) is 0 Å². The monoisotopic (exact) mass is 295 g/mol. The van der Waals surface area contributed by atoms with Crippen molar-refractivity contribution in [1.29, 1.82) is 0 Å². The van der Waals surface area contributed by atoms with Crippen LogP contribution in [0.25, 0.3) is 0 Å². The van der Waals surface area contributed by atoms with Crippen LogP contribution in [-0.2, 0) is 5.75 Å². The zero-order valence-corrected chi connectivity index (χ0v) is 14.3. The Morgan fingerprint density at radius 1 is 1.25 bits per heavy atom. The van der Waals surface area contributed by atoms with Gasteiger partial charge in [0.15, 0.2) is 0 Å². The lowest BCUT2D eigenvalue weighted by molar-refractivity contribution is 0.337. The fourth-order valence-electron chi connectivity index (χ4n) is 1.93. The predicted molar refractivity (Wildman–Crippen MR) is 90.7 cm³/mol. The highest BCUT2D eigenvalue weighted by Crippen LogP contribution is 2.28. The molecule has 114 valence electrons. The molecular weight excluding hydrogens is 266 g/mol. The Hall–Kier alpha value is -0.670. The molecule has 0 aliphatic carbocycles. The van der Waals surface area contributed by atoms with Gasteiger partial charge >= 0.3 is 0 Å². The Morgan fingerprint density at radius 3 is 2.60 bits per heavy atom. The molecule has 0 radical (unpaired) electrons. The fourth-order valence-corrected chi connectivity index (χ4v) is 3.13. The third-order valence-electron chi connectivity index (χ3n) is 3.67. The molecule has 0 aliphatic heterocycles. The third kappa shape index (κ3) is 5.37. The van der Waals surface area contributed by atoms with Gasteiger partial charge in [0.2, 0.25) is 0 Å². The number of hydrogen-bond donors (Lipinski definition) is 1. The molecule has 0 aliphatic rings. The molecule has 0 bridgehead atoms. The first kappa shape index (κ1) is 17.4. The number of nitrogens with one attached hydrogen (secondary N) is 1. The highest BCUT2D eigenvalue weighted by Gasteiger charge is 2.09. The van der Waals surface area contributed by atoms with E-state index in [0.29, 0.717) is 6.04 Å². The molecule has 0 heterocycles. The normalized spacial score (nSPS) is 14.1. The van der Waals surface area contributed by atoms with Crippen molar-refractivity contribution in [1.82, 2.24) is 5.32 Å². The SMILES string of the molecule is CCOc1ccc(C(C)NC)cc1CSCC(C)CC. The van der Waals surface area contributed by atoms with E-state index < -0.39 is 0 Å². The quantitative estimate of drug-likeness (QED) is 0.717. The number of benzene rings is 1. The summed E-state index contributed by atoms with van der Waals surface area (Å²) in [5.41, 5.74) is 2.65. The van der Waals surface area contributed by atoms with Gasteiger partial charge in [0.05, 0.1) is 6.61 Å². The van der Waals surface area contributed by atoms with Gasteiger partial charge in [0.1, 0.15) is 5.75 Å². The van der Waals surface area contributed by atoms with Crippen molar-refractivity contribution in [3.8, 4) is 5.75 Å². The molecule has 2 nitrogen and oxygen atoms in total.